The lowest BCUT2D eigenvalue weighted by atomic mass is 10.1. The molecule has 1 aromatic carbocycles. The highest BCUT2D eigenvalue weighted by Gasteiger charge is 2.30. The molecule has 2 aromatic rings. The third-order valence-electron chi connectivity index (χ3n) is 2.76. The SMILES string of the molecule is N#Cc1csc2c(c1=O)C(=O)c1ccccc1-2. The molecule has 0 saturated carbocycles. The van der Waals surface area contributed by atoms with Crippen LogP contribution in [0.3, 0.4) is 0 Å². The Labute approximate surface area is 101 Å². The molecular formula is C13H5NO2S. The van der Waals surface area contributed by atoms with Crippen LogP contribution < -0.4 is 5.43 Å². The van der Waals surface area contributed by atoms with Crippen molar-refractivity contribution in [1.82, 2.24) is 0 Å². The number of fused-ring (bicyclic) bond motifs is 3. The van der Waals surface area contributed by atoms with E-state index in [1.54, 1.807) is 12.1 Å². The number of hydrogen-bond acceptors (Lipinski definition) is 4. The lowest BCUT2D eigenvalue weighted by Crippen LogP contribution is -2.14. The van der Waals surface area contributed by atoms with Crippen LogP contribution in [0.1, 0.15) is 21.5 Å². The van der Waals surface area contributed by atoms with Crippen LogP contribution in [0.25, 0.3) is 10.4 Å². The van der Waals surface area contributed by atoms with Gasteiger partial charge in [0.05, 0.1) is 10.4 Å². The first kappa shape index (κ1) is 9.94. The molecule has 1 aliphatic rings. The second-order valence-corrected chi connectivity index (χ2v) is 4.55. The second kappa shape index (κ2) is 3.37. The highest BCUT2D eigenvalue weighted by Crippen LogP contribution is 2.37. The predicted molar refractivity (Wildman–Crippen MR) is 64.2 cm³/mol. The molecule has 3 rings (SSSR count). The number of nitrogens with zero attached hydrogens (tertiary/aromatic N) is 1. The molecule has 0 saturated heterocycles. The van der Waals surface area contributed by atoms with Gasteiger partial charge in [0.2, 0.25) is 5.43 Å². The first-order valence-electron chi connectivity index (χ1n) is 4.94. The highest BCUT2D eigenvalue weighted by molar-refractivity contribution is 7.14. The molecule has 1 heterocycles. The summed E-state index contributed by atoms with van der Waals surface area (Å²) in [6.45, 7) is 0. The molecule has 0 bridgehead atoms. The summed E-state index contributed by atoms with van der Waals surface area (Å²) in [7, 11) is 0. The summed E-state index contributed by atoms with van der Waals surface area (Å²) >= 11 is 1.27. The minimum absolute atomic E-state index is 0.0370. The van der Waals surface area contributed by atoms with E-state index in [9.17, 15) is 9.59 Å². The quantitative estimate of drug-likeness (QED) is 0.604. The summed E-state index contributed by atoms with van der Waals surface area (Å²) in [5.74, 6) is -0.269. The van der Waals surface area contributed by atoms with Crippen LogP contribution in [0.4, 0.5) is 0 Å². The van der Waals surface area contributed by atoms with E-state index in [0.29, 0.717) is 10.4 Å². The van der Waals surface area contributed by atoms with Crippen molar-refractivity contribution in [2.75, 3.05) is 0 Å². The lowest BCUT2D eigenvalue weighted by Gasteiger charge is -1.96. The molecule has 0 N–H and O–H groups in total. The van der Waals surface area contributed by atoms with Crippen molar-refractivity contribution >= 4 is 17.1 Å². The van der Waals surface area contributed by atoms with Crippen LogP contribution in [0, 0.1) is 11.3 Å². The van der Waals surface area contributed by atoms with Crippen LogP contribution in [0.2, 0.25) is 0 Å². The molecule has 1 aliphatic carbocycles. The van der Waals surface area contributed by atoms with E-state index >= 15 is 0 Å². The highest BCUT2D eigenvalue weighted by atomic mass is 32.1. The Bertz CT molecular complexity index is 753. The van der Waals surface area contributed by atoms with Gasteiger partial charge in [0.25, 0.3) is 0 Å². The summed E-state index contributed by atoms with van der Waals surface area (Å²) in [6, 6.07) is 8.94. The molecule has 0 spiro atoms. The Balaban J connectivity index is 2.44. The largest absolute Gasteiger partial charge is 0.288 e. The Hall–Kier alpha value is -2.25. The minimum Gasteiger partial charge on any atom is -0.288 e. The van der Waals surface area contributed by atoms with Crippen LogP contribution in [0.15, 0.2) is 34.4 Å². The maximum absolute atomic E-state index is 12.1. The first-order valence-corrected chi connectivity index (χ1v) is 5.82. The Morgan fingerprint density at radius 1 is 1.12 bits per heavy atom. The van der Waals surface area contributed by atoms with Crippen molar-refractivity contribution < 1.29 is 4.79 Å². The Morgan fingerprint density at radius 2 is 1.82 bits per heavy atom. The number of benzene rings is 1. The normalized spacial score (nSPS) is 11.8. The van der Waals surface area contributed by atoms with Crippen molar-refractivity contribution in [2.24, 2.45) is 0 Å². The third-order valence-corrected chi connectivity index (χ3v) is 3.77. The Kier molecular flexibility index (Phi) is 1.97. The van der Waals surface area contributed by atoms with Gasteiger partial charge < -0.3 is 0 Å². The van der Waals surface area contributed by atoms with E-state index in [1.807, 2.05) is 18.2 Å². The van der Waals surface area contributed by atoms with Gasteiger partial charge in [0, 0.05) is 16.5 Å². The van der Waals surface area contributed by atoms with E-state index in [0.717, 1.165) is 5.56 Å². The second-order valence-electron chi connectivity index (χ2n) is 3.67. The van der Waals surface area contributed by atoms with Crippen molar-refractivity contribution in [3.63, 3.8) is 0 Å². The van der Waals surface area contributed by atoms with Gasteiger partial charge in [-0.3, -0.25) is 9.59 Å². The molecule has 0 radical (unpaired) electrons. The first-order chi connectivity index (χ1) is 8.24. The monoisotopic (exact) mass is 239 g/mol. The summed E-state index contributed by atoms with van der Waals surface area (Å²) in [4.78, 5) is 24.7. The van der Waals surface area contributed by atoms with Crippen LogP contribution >= 0.6 is 11.3 Å². The maximum Gasteiger partial charge on any atom is 0.209 e. The van der Waals surface area contributed by atoms with E-state index in [4.69, 9.17) is 5.26 Å². The van der Waals surface area contributed by atoms with Gasteiger partial charge in [-0.15, -0.1) is 11.3 Å². The summed E-state index contributed by atoms with van der Waals surface area (Å²) in [6.07, 6.45) is 0. The fourth-order valence-corrected chi connectivity index (χ4v) is 2.97. The van der Waals surface area contributed by atoms with Crippen LogP contribution in [0.5, 0.6) is 0 Å². The van der Waals surface area contributed by atoms with Crippen molar-refractivity contribution in [2.45, 2.75) is 0 Å². The van der Waals surface area contributed by atoms with Gasteiger partial charge in [-0.2, -0.15) is 5.26 Å². The van der Waals surface area contributed by atoms with E-state index in [1.165, 1.54) is 16.7 Å². The van der Waals surface area contributed by atoms with Gasteiger partial charge in [-0.05, 0) is 0 Å². The van der Waals surface area contributed by atoms with E-state index < -0.39 is 5.43 Å². The van der Waals surface area contributed by atoms with Gasteiger partial charge >= 0.3 is 0 Å². The van der Waals surface area contributed by atoms with Crippen molar-refractivity contribution in [3.05, 3.63) is 56.6 Å². The van der Waals surface area contributed by atoms with Crippen LogP contribution in [-0.4, -0.2) is 5.78 Å². The van der Waals surface area contributed by atoms with Gasteiger partial charge in [-0.25, -0.2) is 0 Å². The number of nitriles is 1. The Morgan fingerprint density at radius 3 is 2.53 bits per heavy atom. The molecule has 17 heavy (non-hydrogen) atoms. The average molecular weight is 239 g/mol. The molecule has 3 nitrogen and oxygen atoms in total. The average Bonchev–Trinajstić information content (AvgIpc) is 2.65. The lowest BCUT2D eigenvalue weighted by molar-refractivity contribution is 0.104. The number of carbonyl (C=O) groups is 1. The molecule has 0 aliphatic heterocycles. The zero-order valence-electron chi connectivity index (χ0n) is 8.56. The fraction of sp³-hybridized carbons (Fsp3) is 0. The van der Waals surface area contributed by atoms with Gasteiger partial charge in [0.15, 0.2) is 5.78 Å². The maximum atomic E-state index is 12.1. The molecule has 0 atom stereocenters. The number of hydrogen-bond donors (Lipinski definition) is 0. The van der Waals surface area contributed by atoms with E-state index in [-0.39, 0.29) is 16.9 Å². The molecule has 4 heteroatoms. The summed E-state index contributed by atoms with van der Waals surface area (Å²) < 4.78 is 0. The summed E-state index contributed by atoms with van der Waals surface area (Å²) in [5, 5.41) is 10.3. The predicted octanol–water partition coefficient (Wildman–Crippen LogP) is 2.19. The fourth-order valence-electron chi connectivity index (χ4n) is 1.96. The van der Waals surface area contributed by atoms with Crippen molar-refractivity contribution in [1.29, 1.82) is 5.26 Å². The molecular weight excluding hydrogens is 234 g/mol. The number of carbonyl (C=O) groups excluding carboxylic acids is 1. The summed E-state index contributed by atoms with van der Waals surface area (Å²) in [5.41, 5.74) is 1.07. The van der Waals surface area contributed by atoms with Gasteiger partial charge in [0.1, 0.15) is 11.6 Å². The molecule has 0 unspecified atom stereocenters. The minimum atomic E-state index is -0.456. The van der Waals surface area contributed by atoms with Crippen molar-refractivity contribution in [3.8, 4) is 16.5 Å². The molecule has 80 valence electrons. The zero-order valence-corrected chi connectivity index (χ0v) is 9.38. The topological polar surface area (TPSA) is 57.9 Å². The van der Waals surface area contributed by atoms with Gasteiger partial charge in [-0.1, -0.05) is 24.3 Å². The smallest absolute Gasteiger partial charge is 0.209 e. The number of rotatable bonds is 0. The third kappa shape index (κ3) is 1.20. The van der Waals surface area contributed by atoms with Crippen LogP contribution in [-0.2, 0) is 0 Å². The molecule has 0 fully saturated rings. The van der Waals surface area contributed by atoms with E-state index in [2.05, 4.69) is 0 Å². The molecule has 0 amide bonds. The standard InChI is InChI=1S/C13H5NO2S/c14-5-7-6-17-13-9-4-2-1-3-8(9)12(16)10(13)11(7)15/h1-4,6H. The number of ketones is 1. The molecule has 1 aromatic heterocycles. The zero-order chi connectivity index (χ0) is 12.0.